The van der Waals surface area contributed by atoms with Gasteiger partial charge in [0, 0.05) is 26.2 Å². The number of hydrogen-bond acceptors (Lipinski definition) is 4. The fraction of sp³-hybridized carbons (Fsp3) is 0.235. The van der Waals surface area contributed by atoms with E-state index in [9.17, 15) is 14.0 Å². The molecular formula is C17H17FN4O2. The number of pyridine rings is 1. The second-order valence-electron chi connectivity index (χ2n) is 5.46. The number of carbonyl (C=O) groups is 2. The van der Waals surface area contributed by atoms with E-state index >= 15 is 0 Å². The van der Waals surface area contributed by atoms with Crippen LogP contribution in [0.2, 0.25) is 0 Å². The Balaban J connectivity index is 1.64. The van der Waals surface area contributed by atoms with Gasteiger partial charge >= 0.3 is 0 Å². The fourth-order valence-electron chi connectivity index (χ4n) is 2.56. The first-order valence-corrected chi connectivity index (χ1v) is 7.63. The molecule has 0 radical (unpaired) electrons. The molecule has 24 heavy (non-hydrogen) atoms. The van der Waals surface area contributed by atoms with Crippen LogP contribution in [0.15, 0.2) is 42.6 Å². The topological polar surface area (TPSA) is 65.5 Å². The standard InChI is InChI=1S/C17H17FN4O2/c18-15-4-2-1-3-14(15)17(24)20-16-6-5-13(11-19-16)22-9-7-21(12-23)8-10-22/h1-6,11-12H,7-10H2,(H,19,20,24). The van der Waals surface area contributed by atoms with Crippen molar-refractivity contribution in [2.24, 2.45) is 0 Å². The van der Waals surface area contributed by atoms with Crippen LogP contribution in [0.1, 0.15) is 10.4 Å². The maximum absolute atomic E-state index is 13.6. The zero-order valence-electron chi connectivity index (χ0n) is 13.0. The number of halogens is 1. The second-order valence-corrected chi connectivity index (χ2v) is 5.46. The van der Waals surface area contributed by atoms with Crippen molar-refractivity contribution >= 4 is 23.8 Å². The summed E-state index contributed by atoms with van der Waals surface area (Å²) in [5, 5.41) is 2.58. The van der Waals surface area contributed by atoms with E-state index in [1.54, 1.807) is 23.2 Å². The average Bonchev–Trinajstić information content (AvgIpc) is 2.63. The maximum atomic E-state index is 13.6. The summed E-state index contributed by atoms with van der Waals surface area (Å²) in [7, 11) is 0. The van der Waals surface area contributed by atoms with Crippen molar-refractivity contribution in [3.8, 4) is 0 Å². The molecule has 2 amide bonds. The SMILES string of the molecule is O=CN1CCN(c2ccc(NC(=O)c3ccccc3F)nc2)CC1. The highest BCUT2D eigenvalue weighted by molar-refractivity contribution is 6.03. The van der Waals surface area contributed by atoms with Gasteiger partial charge in [-0.2, -0.15) is 0 Å². The van der Waals surface area contributed by atoms with Crippen LogP contribution >= 0.6 is 0 Å². The zero-order valence-corrected chi connectivity index (χ0v) is 13.0. The molecule has 2 heterocycles. The molecule has 1 N–H and O–H groups in total. The quantitative estimate of drug-likeness (QED) is 0.869. The first-order valence-electron chi connectivity index (χ1n) is 7.63. The van der Waals surface area contributed by atoms with Crippen molar-refractivity contribution in [2.75, 3.05) is 36.4 Å². The molecular weight excluding hydrogens is 311 g/mol. The molecule has 0 spiro atoms. The third-order valence-electron chi connectivity index (χ3n) is 3.94. The van der Waals surface area contributed by atoms with Crippen molar-refractivity contribution in [3.05, 3.63) is 54.0 Å². The first-order chi connectivity index (χ1) is 11.7. The Kier molecular flexibility index (Phi) is 4.69. The number of carbonyl (C=O) groups excluding carboxylic acids is 2. The first kappa shape index (κ1) is 15.9. The minimum atomic E-state index is -0.570. The lowest BCUT2D eigenvalue weighted by Crippen LogP contribution is -2.45. The molecule has 1 aromatic carbocycles. The van der Waals surface area contributed by atoms with Crippen molar-refractivity contribution in [2.45, 2.75) is 0 Å². The van der Waals surface area contributed by atoms with E-state index in [0.29, 0.717) is 18.9 Å². The molecule has 0 bridgehead atoms. The van der Waals surface area contributed by atoms with E-state index in [0.717, 1.165) is 25.2 Å². The van der Waals surface area contributed by atoms with Gasteiger partial charge in [0.05, 0.1) is 17.4 Å². The summed E-state index contributed by atoms with van der Waals surface area (Å²) in [4.78, 5) is 30.8. The Hall–Kier alpha value is -2.96. The molecule has 2 aromatic rings. The molecule has 1 aliphatic heterocycles. The Labute approximate surface area is 138 Å². The molecule has 0 unspecified atom stereocenters. The number of aromatic nitrogens is 1. The number of nitrogens with one attached hydrogen (secondary N) is 1. The van der Waals surface area contributed by atoms with Gasteiger partial charge in [-0.25, -0.2) is 9.37 Å². The smallest absolute Gasteiger partial charge is 0.259 e. The summed E-state index contributed by atoms with van der Waals surface area (Å²) in [5.41, 5.74) is 0.901. The van der Waals surface area contributed by atoms with Crippen molar-refractivity contribution < 1.29 is 14.0 Å². The highest BCUT2D eigenvalue weighted by Crippen LogP contribution is 2.17. The summed E-state index contributed by atoms with van der Waals surface area (Å²) >= 11 is 0. The van der Waals surface area contributed by atoms with Gasteiger partial charge in [0.25, 0.3) is 5.91 Å². The Bertz CT molecular complexity index is 728. The van der Waals surface area contributed by atoms with Crippen LogP contribution in [0.5, 0.6) is 0 Å². The van der Waals surface area contributed by atoms with E-state index in [4.69, 9.17) is 0 Å². The van der Waals surface area contributed by atoms with Gasteiger partial charge in [-0.05, 0) is 24.3 Å². The third kappa shape index (κ3) is 3.51. The van der Waals surface area contributed by atoms with Crippen LogP contribution in [-0.2, 0) is 4.79 Å². The average molecular weight is 328 g/mol. The summed E-state index contributed by atoms with van der Waals surface area (Å²) in [6, 6.07) is 9.33. The lowest BCUT2D eigenvalue weighted by atomic mass is 10.2. The number of nitrogens with zero attached hydrogens (tertiary/aromatic N) is 3. The summed E-state index contributed by atoms with van der Waals surface area (Å²) in [5.74, 6) is -0.744. The minimum absolute atomic E-state index is 0.0200. The van der Waals surface area contributed by atoms with Crippen molar-refractivity contribution in [1.82, 2.24) is 9.88 Å². The van der Waals surface area contributed by atoms with Crippen molar-refractivity contribution in [3.63, 3.8) is 0 Å². The highest BCUT2D eigenvalue weighted by atomic mass is 19.1. The molecule has 1 fully saturated rings. The summed E-state index contributed by atoms with van der Waals surface area (Å²) < 4.78 is 13.6. The molecule has 0 saturated carbocycles. The molecule has 0 atom stereocenters. The van der Waals surface area contributed by atoms with Crippen molar-refractivity contribution in [1.29, 1.82) is 0 Å². The lowest BCUT2D eigenvalue weighted by Gasteiger charge is -2.33. The zero-order chi connectivity index (χ0) is 16.9. The minimum Gasteiger partial charge on any atom is -0.367 e. The Morgan fingerprint density at radius 3 is 2.50 bits per heavy atom. The van der Waals surface area contributed by atoms with Gasteiger partial charge in [-0.3, -0.25) is 9.59 Å². The van der Waals surface area contributed by atoms with E-state index in [2.05, 4.69) is 15.2 Å². The fourth-order valence-corrected chi connectivity index (χ4v) is 2.56. The van der Waals surface area contributed by atoms with Gasteiger partial charge in [0.15, 0.2) is 0 Å². The molecule has 0 aliphatic carbocycles. The molecule has 1 aliphatic rings. The van der Waals surface area contributed by atoms with Gasteiger partial charge < -0.3 is 15.1 Å². The van der Waals surface area contributed by atoms with Gasteiger partial charge in [0.1, 0.15) is 11.6 Å². The van der Waals surface area contributed by atoms with Gasteiger partial charge in [-0.15, -0.1) is 0 Å². The van der Waals surface area contributed by atoms with Crippen LogP contribution in [0.4, 0.5) is 15.9 Å². The molecule has 1 saturated heterocycles. The maximum Gasteiger partial charge on any atom is 0.259 e. The van der Waals surface area contributed by atoms with E-state index < -0.39 is 11.7 Å². The Morgan fingerprint density at radius 2 is 1.88 bits per heavy atom. The number of amides is 2. The number of anilines is 2. The largest absolute Gasteiger partial charge is 0.367 e. The molecule has 1 aromatic heterocycles. The Morgan fingerprint density at radius 1 is 1.12 bits per heavy atom. The molecule has 3 rings (SSSR count). The second kappa shape index (κ2) is 7.08. The molecule has 6 nitrogen and oxygen atoms in total. The number of piperazine rings is 1. The third-order valence-corrected chi connectivity index (χ3v) is 3.94. The van der Waals surface area contributed by atoms with Crippen LogP contribution in [0, 0.1) is 5.82 Å². The molecule has 124 valence electrons. The van der Waals surface area contributed by atoms with E-state index in [1.807, 2.05) is 6.07 Å². The predicted molar refractivity (Wildman–Crippen MR) is 88.4 cm³/mol. The lowest BCUT2D eigenvalue weighted by molar-refractivity contribution is -0.118. The van der Waals surface area contributed by atoms with E-state index in [-0.39, 0.29) is 5.56 Å². The molecule has 7 heteroatoms. The van der Waals surface area contributed by atoms with E-state index in [1.165, 1.54) is 18.2 Å². The predicted octanol–water partition coefficient (Wildman–Crippen LogP) is 1.75. The van der Waals surface area contributed by atoms with Crippen LogP contribution in [0.3, 0.4) is 0 Å². The van der Waals surface area contributed by atoms with Crippen LogP contribution in [-0.4, -0.2) is 48.4 Å². The number of rotatable bonds is 4. The number of benzene rings is 1. The van der Waals surface area contributed by atoms with Gasteiger partial charge in [0.2, 0.25) is 6.41 Å². The van der Waals surface area contributed by atoms with Crippen LogP contribution < -0.4 is 10.2 Å². The summed E-state index contributed by atoms with van der Waals surface area (Å²) in [6.07, 6.45) is 2.52. The number of hydrogen-bond donors (Lipinski definition) is 1. The normalized spacial score (nSPS) is 14.4. The van der Waals surface area contributed by atoms with Gasteiger partial charge in [-0.1, -0.05) is 12.1 Å². The summed E-state index contributed by atoms with van der Waals surface area (Å²) in [6.45, 7) is 2.83. The van der Waals surface area contributed by atoms with Crippen LogP contribution in [0.25, 0.3) is 0 Å². The monoisotopic (exact) mass is 328 g/mol. The highest BCUT2D eigenvalue weighted by Gasteiger charge is 2.16.